The second-order valence-corrected chi connectivity index (χ2v) is 9.70. The highest BCUT2D eigenvalue weighted by molar-refractivity contribution is 9.10. The third-order valence-electron chi connectivity index (χ3n) is 6.03. The van der Waals surface area contributed by atoms with E-state index in [0.717, 1.165) is 17.0 Å². The van der Waals surface area contributed by atoms with Gasteiger partial charge in [-0.2, -0.15) is 48.3 Å². The molecule has 3 aromatic carbocycles. The molecule has 0 fully saturated rings. The number of hydrogen-bond acceptors (Lipinski definition) is 2. The molecule has 0 radical (unpaired) electrons. The van der Waals surface area contributed by atoms with E-state index in [-0.39, 0.29) is 17.3 Å². The Morgan fingerprint density at radius 2 is 1.28 bits per heavy atom. The van der Waals surface area contributed by atoms with Crippen LogP contribution in [0.3, 0.4) is 0 Å². The number of rotatable bonds is 6. The van der Waals surface area contributed by atoms with E-state index in [2.05, 4.69) is 15.9 Å². The van der Waals surface area contributed by atoms with Gasteiger partial charge in [0.2, 0.25) is 0 Å². The molecule has 3 aromatic rings. The van der Waals surface area contributed by atoms with Crippen LogP contribution in [0.5, 0.6) is 0 Å². The molecule has 17 heteroatoms. The van der Waals surface area contributed by atoms with Crippen molar-refractivity contribution >= 4 is 39.1 Å². The standard InChI is InChI=1S/C26H15BrF12N2O2/c1-41(21(43)13-6-3-2-4-7-13)16-9-5-8-14(10-16)20(42)40-19-17(23(29,30)31)11-15(12-18(19)27)22(28,25(34,35)36)24(32,33)26(37,38)39/h2-12H,1H3,(H,40,42). The van der Waals surface area contributed by atoms with E-state index >= 15 is 0 Å². The molecule has 43 heavy (non-hydrogen) atoms. The fourth-order valence-corrected chi connectivity index (χ4v) is 4.37. The van der Waals surface area contributed by atoms with Crippen LogP contribution < -0.4 is 10.2 Å². The molecule has 0 spiro atoms. The Kier molecular flexibility index (Phi) is 8.94. The average Bonchev–Trinajstić information content (AvgIpc) is 2.91. The summed E-state index contributed by atoms with van der Waals surface area (Å²) in [6.07, 6.45) is -20.0. The number of nitrogens with one attached hydrogen (secondary N) is 1. The van der Waals surface area contributed by atoms with Gasteiger partial charge in [0.15, 0.2) is 0 Å². The van der Waals surface area contributed by atoms with E-state index in [4.69, 9.17) is 0 Å². The van der Waals surface area contributed by atoms with Crippen molar-refractivity contribution in [2.75, 3.05) is 17.3 Å². The predicted molar refractivity (Wildman–Crippen MR) is 133 cm³/mol. The van der Waals surface area contributed by atoms with Crippen LogP contribution >= 0.6 is 15.9 Å². The number of anilines is 2. The van der Waals surface area contributed by atoms with Crippen LogP contribution in [-0.2, 0) is 11.8 Å². The van der Waals surface area contributed by atoms with E-state index in [0.29, 0.717) is 0 Å². The molecule has 232 valence electrons. The lowest BCUT2D eigenvalue weighted by atomic mass is 9.86. The van der Waals surface area contributed by atoms with Crippen molar-refractivity contribution in [1.29, 1.82) is 0 Å². The van der Waals surface area contributed by atoms with E-state index in [1.54, 1.807) is 23.5 Å². The number of carbonyl (C=O) groups excluding carboxylic acids is 2. The van der Waals surface area contributed by atoms with Gasteiger partial charge >= 0.3 is 30.1 Å². The van der Waals surface area contributed by atoms with Gasteiger partial charge in [-0.1, -0.05) is 24.3 Å². The summed E-state index contributed by atoms with van der Waals surface area (Å²) in [6.45, 7) is 0. The Labute approximate surface area is 242 Å². The first kappa shape index (κ1) is 33.7. The molecule has 1 unspecified atom stereocenters. The first-order valence-corrected chi connectivity index (χ1v) is 12.2. The summed E-state index contributed by atoms with van der Waals surface area (Å²) in [5.74, 6) is -9.15. The van der Waals surface area contributed by atoms with Crippen molar-refractivity contribution in [1.82, 2.24) is 0 Å². The van der Waals surface area contributed by atoms with Gasteiger partial charge in [-0.05, 0) is 58.4 Å². The van der Waals surface area contributed by atoms with Gasteiger partial charge in [0.05, 0.1) is 11.3 Å². The first-order valence-electron chi connectivity index (χ1n) is 11.4. The van der Waals surface area contributed by atoms with Crippen LogP contribution in [0.15, 0.2) is 71.2 Å². The number of carbonyl (C=O) groups is 2. The number of hydrogen-bond donors (Lipinski definition) is 1. The summed E-state index contributed by atoms with van der Waals surface area (Å²) in [6, 6.07) is 11.1. The smallest absolute Gasteiger partial charge is 0.320 e. The quantitative estimate of drug-likeness (QED) is 0.262. The van der Waals surface area contributed by atoms with Crippen LogP contribution in [0.25, 0.3) is 0 Å². The van der Waals surface area contributed by atoms with E-state index in [1.165, 1.54) is 31.3 Å². The van der Waals surface area contributed by atoms with Gasteiger partial charge in [0.1, 0.15) is 0 Å². The van der Waals surface area contributed by atoms with Crippen molar-refractivity contribution in [3.63, 3.8) is 0 Å². The van der Waals surface area contributed by atoms with Crippen LogP contribution in [0.1, 0.15) is 31.8 Å². The Balaban J connectivity index is 2.08. The third kappa shape index (κ3) is 6.31. The Morgan fingerprint density at radius 3 is 1.79 bits per heavy atom. The molecule has 1 N–H and O–H groups in total. The molecule has 0 saturated heterocycles. The Hall–Kier alpha value is -3.76. The monoisotopic (exact) mass is 694 g/mol. The molecule has 4 nitrogen and oxygen atoms in total. The zero-order valence-corrected chi connectivity index (χ0v) is 22.6. The van der Waals surface area contributed by atoms with Crippen molar-refractivity contribution in [2.24, 2.45) is 0 Å². The number of amides is 2. The summed E-state index contributed by atoms with van der Waals surface area (Å²) in [5.41, 5.74) is -13.3. The minimum atomic E-state index is -7.23. The molecule has 1 atom stereocenters. The van der Waals surface area contributed by atoms with Crippen molar-refractivity contribution in [3.05, 3.63) is 93.5 Å². The lowest BCUT2D eigenvalue weighted by Gasteiger charge is -2.36. The Morgan fingerprint density at radius 1 is 0.721 bits per heavy atom. The maximum atomic E-state index is 14.9. The summed E-state index contributed by atoms with van der Waals surface area (Å²) in [7, 11) is 1.31. The molecule has 2 amide bonds. The highest BCUT2D eigenvalue weighted by atomic mass is 79.9. The minimum Gasteiger partial charge on any atom is -0.320 e. The van der Waals surface area contributed by atoms with Crippen LogP contribution in [0.2, 0.25) is 0 Å². The molecule has 0 aromatic heterocycles. The average molecular weight is 695 g/mol. The number of halogens is 13. The van der Waals surface area contributed by atoms with Crippen molar-refractivity contribution in [3.8, 4) is 0 Å². The zero-order valence-electron chi connectivity index (χ0n) is 21.0. The number of benzene rings is 3. The second kappa shape index (κ2) is 11.4. The molecule has 0 saturated carbocycles. The molecular formula is C26H15BrF12N2O2. The van der Waals surface area contributed by atoms with Crippen LogP contribution in [-0.4, -0.2) is 37.1 Å². The van der Waals surface area contributed by atoms with Gasteiger partial charge in [0, 0.05) is 33.9 Å². The molecule has 0 bridgehead atoms. The first-order chi connectivity index (χ1) is 19.5. The number of alkyl halides is 12. The van der Waals surface area contributed by atoms with Gasteiger partial charge in [0.25, 0.3) is 11.8 Å². The number of nitrogens with zero attached hydrogens (tertiary/aromatic N) is 1. The SMILES string of the molecule is CN(C(=O)c1ccccc1)c1cccc(C(=O)Nc2c(Br)cc(C(F)(C(F)(F)F)C(F)(F)C(F)(F)F)cc2C(F)(F)F)c1. The lowest BCUT2D eigenvalue weighted by Crippen LogP contribution is -2.59. The maximum absolute atomic E-state index is 14.9. The zero-order chi connectivity index (χ0) is 32.8. The fraction of sp³-hybridized carbons (Fsp3) is 0.231. The van der Waals surface area contributed by atoms with E-state index < -0.39 is 74.9 Å². The van der Waals surface area contributed by atoms with E-state index in [1.807, 2.05) is 0 Å². The normalized spacial score (nSPS) is 14.2. The molecule has 3 rings (SSSR count). The second-order valence-electron chi connectivity index (χ2n) is 8.84. The predicted octanol–water partition coefficient (Wildman–Crippen LogP) is 8.92. The largest absolute Gasteiger partial charge is 0.457 e. The molecule has 0 aliphatic rings. The Bertz CT molecular complexity index is 1520. The topological polar surface area (TPSA) is 49.4 Å². The molecule has 0 aliphatic heterocycles. The molecular weight excluding hydrogens is 680 g/mol. The third-order valence-corrected chi connectivity index (χ3v) is 6.66. The lowest BCUT2D eigenvalue weighted by molar-refractivity contribution is -0.389. The van der Waals surface area contributed by atoms with Crippen molar-refractivity contribution in [2.45, 2.75) is 30.1 Å². The summed E-state index contributed by atoms with van der Waals surface area (Å²) in [5, 5.41) is 1.69. The van der Waals surface area contributed by atoms with Gasteiger partial charge in [-0.15, -0.1) is 0 Å². The van der Waals surface area contributed by atoms with Gasteiger partial charge < -0.3 is 10.2 Å². The van der Waals surface area contributed by atoms with Gasteiger partial charge in [-0.25, -0.2) is 4.39 Å². The minimum absolute atomic E-state index is 0.0636. The highest BCUT2D eigenvalue weighted by Gasteiger charge is 2.82. The van der Waals surface area contributed by atoms with Gasteiger partial charge in [-0.3, -0.25) is 9.59 Å². The fourth-order valence-electron chi connectivity index (χ4n) is 3.81. The summed E-state index contributed by atoms with van der Waals surface area (Å²) >= 11 is 2.32. The summed E-state index contributed by atoms with van der Waals surface area (Å²) in [4.78, 5) is 26.6. The summed E-state index contributed by atoms with van der Waals surface area (Å²) < 4.78 is 162. The highest BCUT2D eigenvalue weighted by Crippen LogP contribution is 2.59. The van der Waals surface area contributed by atoms with E-state index in [9.17, 15) is 62.3 Å². The van der Waals surface area contributed by atoms with Crippen LogP contribution in [0.4, 0.5) is 64.1 Å². The van der Waals surface area contributed by atoms with Crippen molar-refractivity contribution < 1.29 is 62.3 Å². The maximum Gasteiger partial charge on any atom is 0.457 e. The molecule has 0 aliphatic carbocycles. The van der Waals surface area contributed by atoms with Crippen LogP contribution in [0, 0.1) is 0 Å². The molecule has 0 heterocycles.